The lowest BCUT2D eigenvalue weighted by Gasteiger charge is -2.25. The second-order valence-electron chi connectivity index (χ2n) is 14.1. The van der Waals surface area contributed by atoms with E-state index in [2.05, 4.69) is 39.2 Å². The second kappa shape index (κ2) is 19.7. The topological polar surface area (TPSA) is 329 Å². The molecule has 0 spiro atoms. The van der Waals surface area contributed by atoms with E-state index in [-0.39, 0.29) is 34.0 Å². The van der Waals surface area contributed by atoms with Crippen molar-refractivity contribution in [2.45, 2.75) is 89.9 Å². The van der Waals surface area contributed by atoms with Crippen molar-refractivity contribution in [2.75, 3.05) is 44.6 Å². The fourth-order valence-electron chi connectivity index (χ4n) is 6.05. The largest absolute Gasteiger partial charge is 0.510 e. The second-order valence-corrected chi connectivity index (χ2v) is 17.5. The maximum absolute atomic E-state index is 16.6. The third-order valence-electron chi connectivity index (χ3n) is 9.01. The molecule has 10 atom stereocenters. The maximum Gasteiger partial charge on any atom is 0.510 e. The first-order valence-corrected chi connectivity index (χ1v) is 21.8. The molecular weight excluding hydrogens is 880 g/mol. The molecule has 0 aliphatic carbocycles. The summed E-state index contributed by atoms with van der Waals surface area (Å²) in [6.07, 6.45) is -11.2. The van der Waals surface area contributed by atoms with Crippen LogP contribution in [0.5, 0.6) is 0 Å². The van der Waals surface area contributed by atoms with Crippen LogP contribution in [0.3, 0.4) is 0 Å². The van der Waals surface area contributed by atoms with Gasteiger partial charge < -0.3 is 54.0 Å². The molecule has 6 heterocycles. The predicted molar refractivity (Wildman–Crippen MR) is 203 cm³/mol. The lowest BCUT2D eigenvalue weighted by molar-refractivity contribution is -0.0652. The third-order valence-corrected chi connectivity index (χ3v) is 11.4. The number of halogens is 2. The summed E-state index contributed by atoms with van der Waals surface area (Å²) in [6.45, 7) is 4.07. The number of phosphoric ester groups is 1. The van der Waals surface area contributed by atoms with Gasteiger partial charge in [0.05, 0.1) is 44.2 Å². The van der Waals surface area contributed by atoms with Crippen LogP contribution >= 0.6 is 15.4 Å². The van der Waals surface area contributed by atoms with Crippen LogP contribution in [0.15, 0.2) is 25.3 Å². The van der Waals surface area contributed by atoms with Crippen molar-refractivity contribution in [3.05, 3.63) is 25.3 Å². The van der Waals surface area contributed by atoms with Crippen molar-refractivity contribution < 1.29 is 83.6 Å². The summed E-state index contributed by atoms with van der Waals surface area (Å²) in [6, 6.07) is 0. The van der Waals surface area contributed by atoms with E-state index in [0.717, 1.165) is 17.2 Å². The number of nitrogen functional groups attached to an aromatic ring is 2. The van der Waals surface area contributed by atoms with Crippen molar-refractivity contribution in [3.8, 4) is 0 Å². The van der Waals surface area contributed by atoms with Crippen molar-refractivity contribution >= 4 is 61.7 Å². The number of carbonyl (C=O) groups excluding carboxylic acids is 2. The van der Waals surface area contributed by atoms with Crippen LogP contribution in [0.2, 0.25) is 0 Å². The van der Waals surface area contributed by atoms with Crippen LogP contribution in [0, 0.1) is 5.92 Å². The number of ether oxygens (including phenoxy) is 7. The molecule has 0 amide bonds. The highest BCUT2D eigenvalue weighted by atomic mass is 31.2. The predicted octanol–water partition coefficient (Wildman–Crippen LogP) is 3.68. The van der Waals surface area contributed by atoms with Gasteiger partial charge in [-0.2, -0.15) is 0 Å². The molecule has 6 rings (SSSR count). The SMILES string of the molecule is CC(C)OC(=O)OCOP(=O)(O)OC[C@H]1O[C@@H](n2cnc3c(N)ncnc32)[C@H](F)[C@@H]1OCP(=O)(OCOC(=O)OC(C)C)OCC1O[C@@H](n2cnc3c(N)ncnc32)[C@H](F)[C@@H]1C. The number of hydrogen-bond acceptors (Lipinski definition) is 23. The summed E-state index contributed by atoms with van der Waals surface area (Å²) in [5, 5.41) is 0. The van der Waals surface area contributed by atoms with Crippen molar-refractivity contribution in [2.24, 2.45) is 5.92 Å². The standard InChI is InChI=1S/C32H44F2N10O16P2/c1-15(2)57-31(45)50-12-55-61(47,53-6-18-17(5)20(33)29(59-18)43-10-41-22-25(35)37-8-39-27(22)43)14-52-24-19(7-54-62(48,49)56-13-51-32(46)58-16(3)4)60-30(21(24)34)44-11-42-23-26(36)38-9-40-28(23)44/h8-11,15-21,24,29-30H,6-7,12-14H2,1-5H3,(H,48,49)(H2,35,37,39)(H2,36,38,40)/t17-,18?,19-,20-,21-,24-,29-,30-,61?/m1/s1. The smallest absolute Gasteiger partial charge is 0.432 e. The Hall–Kier alpha value is -4.76. The van der Waals surface area contributed by atoms with E-state index < -0.39 is 122 Å². The van der Waals surface area contributed by atoms with Crippen LogP contribution in [0.25, 0.3) is 22.3 Å². The van der Waals surface area contributed by atoms with E-state index in [1.807, 2.05) is 0 Å². The number of alkyl halides is 2. The first-order chi connectivity index (χ1) is 29.4. The van der Waals surface area contributed by atoms with Gasteiger partial charge in [-0.1, -0.05) is 6.92 Å². The Morgan fingerprint density at radius 2 is 1.26 bits per heavy atom. The summed E-state index contributed by atoms with van der Waals surface area (Å²) < 4.78 is 119. The normalized spacial score (nSPS) is 25.9. The average Bonchev–Trinajstić information content (AvgIpc) is 3.96. The van der Waals surface area contributed by atoms with E-state index in [4.69, 9.17) is 53.5 Å². The first kappa shape index (κ1) is 46.7. The number of rotatable bonds is 19. The minimum atomic E-state index is -5.04. The van der Waals surface area contributed by atoms with E-state index in [1.165, 1.54) is 38.0 Å². The molecule has 2 aliphatic heterocycles. The highest BCUT2D eigenvalue weighted by Crippen LogP contribution is 2.51. The molecule has 5 N–H and O–H groups in total. The molecule has 2 saturated heterocycles. The molecule has 0 radical (unpaired) electrons. The van der Waals surface area contributed by atoms with E-state index in [9.17, 15) is 23.6 Å². The Balaban J connectivity index is 1.19. The minimum absolute atomic E-state index is 0.0320. The summed E-state index contributed by atoms with van der Waals surface area (Å²) in [5.41, 5.74) is 12.3. The number of nitrogens with two attached hydrogens (primary N) is 2. The number of carbonyl (C=O) groups is 2. The van der Waals surface area contributed by atoms with Gasteiger partial charge in [0.2, 0.25) is 13.6 Å². The van der Waals surface area contributed by atoms with Gasteiger partial charge in [0.1, 0.15) is 42.2 Å². The Morgan fingerprint density at radius 1 is 0.758 bits per heavy atom. The number of aromatic nitrogens is 8. The van der Waals surface area contributed by atoms with Gasteiger partial charge in [0.15, 0.2) is 47.7 Å². The van der Waals surface area contributed by atoms with Gasteiger partial charge in [-0.15, -0.1) is 0 Å². The number of imidazole rings is 2. The highest BCUT2D eigenvalue weighted by Gasteiger charge is 2.50. The Morgan fingerprint density at radius 3 is 1.81 bits per heavy atom. The lowest BCUT2D eigenvalue weighted by atomic mass is 10.0. The summed E-state index contributed by atoms with van der Waals surface area (Å²) in [4.78, 5) is 58.3. The molecular formula is C32H44F2N10O16P2. The fraction of sp³-hybridized carbons (Fsp3) is 0.625. The molecule has 26 nitrogen and oxygen atoms in total. The molecule has 62 heavy (non-hydrogen) atoms. The zero-order valence-corrected chi connectivity index (χ0v) is 35.4. The molecule has 0 saturated carbocycles. The molecule has 0 aromatic carbocycles. The number of phosphoric acid groups is 1. The molecule has 2 fully saturated rings. The molecule has 30 heteroatoms. The summed E-state index contributed by atoms with van der Waals surface area (Å²) >= 11 is 0. The molecule has 2 aliphatic rings. The first-order valence-electron chi connectivity index (χ1n) is 18.6. The van der Waals surface area contributed by atoms with Crippen LogP contribution < -0.4 is 11.5 Å². The minimum Gasteiger partial charge on any atom is -0.432 e. The van der Waals surface area contributed by atoms with Gasteiger partial charge in [0.25, 0.3) is 0 Å². The van der Waals surface area contributed by atoms with Gasteiger partial charge in [-0.05, 0) is 27.7 Å². The maximum atomic E-state index is 16.6. The fourth-order valence-corrected chi connectivity index (χ4v) is 7.81. The monoisotopic (exact) mass is 924 g/mol. The number of anilines is 2. The van der Waals surface area contributed by atoms with Crippen LogP contribution in [0.4, 0.5) is 30.0 Å². The van der Waals surface area contributed by atoms with Crippen molar-refractivity contribution in [1.29, 1.82) is 0 Å². The zero-order valence-electron chi connectivity index (χ0n) is 33.6. The Labute approximate surface area is 349 Å². The number of hydrogen-bond donors (Lipinski definition) is 3. The number of fused-ring (bicyclic) bond motifs is 2. The van der Waals surface area contributed by atoms with Crippen LogP contribution in [-0.4, -0.2) is 132 Å². The van der Waals surface area contributed by atoms with Crippen molar-refractivity contribution in [1.82, 2.24) is 39.0 Å². The van der Waals surface area contributed by atoms with E-state index >= 15 is 8.78 Å². The molecule has 342 valence electrons. The van der Waals surface area contributed by atoms with Gasteiger partial charge >= 0.3 is 27.7 Å². The molecule has 4 aromatic heterocycles. The Bertz CT molecular complexity index is 2290. The van der Waals surface area contributed by atoms with E-state index in [0.29, 0.717) is 0 Å². The van der Waals surface area contributed by atoms with Gasteiger partial charge in [-0.25, -0.2) is 57.4 Å². The van der Waals surface area contributed by atoms with Crippen molar-refractivity contribution in [3.63, 3.8) is 0 Å². The number of nitrogens with zero attached hydrogens (tertiary/aromatic N) is 8. The Kier molecular flexibility index (Phi) is 14.9. The summed E-state index contributed by atoms with van der Waals surface area (Å²) in [7, 11) is -9.72. The van der Waals surface area contributed by atoms with E-state index in [1.54, 1.807) is 13.8 Å². The van der Waals surface area contributed by atoms with Crippen LogP contribution in [0.1, 0.15) is 47.1 Å². The lowest BCUT2D eigenvalue weighted by Crippen LogP contribution is -2.35. The quantitative estimate of drug-likeness (QED) is 0.0686. The highest BCUT2D eigenvalue weighted by molar-refractivity contribution is 7.53. The van der Waals surface area contributed by atoms with Crippen LogP contribution in [-0.2, 0) is 60.4 Å². The molecule has 0 bridgehead atoms. The van der Waals surface area contributed by atoms with Gasteiger partial charge in [-0.3, -0.25) is 22.7 Å². The third kappa shape index (κ3) is 11.1. The zero-order chi connectivity index (χ0) is 44.9. The molecule has 3 unspecified atom stereocenters. The van der Waals surface area contributed by atoms with Gasteiger partial charge in [0, 0.05) is 5.92 Å². The summed E-state index contributed by atoms with van der Waals surface area (Å²) in [5.74, 6) is -0.873. The molecule has 4 aromatic rings. The average molecular weight is 925 g/mol.